The van der Waals surface area contributed by atoms with Crippen LogP contribution in [0.3, 0.4) is 0 Å². The molecule has 4 nitrogen and oxygen atoms in total. The van der Waals surface area contributed by atoms with E-state index in [4.69, 9.17) is 9.97 Å². The summed E-state index contributed by atoms with van der Waals surface area (Å²) >= 11 is 0. The fourth-order valence-corrected chi connectivity index (χ4v) is 9.81. The molecule has 0 saturated carbocycles. The largest absolute Gasteiger partial charge is 0.248 e. The molecule has 0 radical (unpaired) electrons. The summed E-state index contributed by atoms with van der Waals surface area (Å²) in [4.78, 5) is 18.1. The van der Waals surface area contributed by atoms with Crippen LogP contribution in [0.25, 0.3) is 44.1 Å². The summed E-state index contributed by atoms with van der Waals surface area (Å²) < 4.78 is 27.3. The molecule has 7 heteroatoms. The summed E-state index contributed by atoms with van der Waals surface area (Å²) in [6.07, 6.45) is 3.04. The SMILES string of the molecule is C[Si]1(C)C(c2cccc(-c3ccc(F)nc3)n2)=C(c2ccccc2)C(c2ccccc2)=C1c1cccc(-c2ccc(F)nc2)n1. The molecule has 0 aliphatic carbocycles. The first kappa shape index (κ1) is 28.4. The Kier molecular flexibility index (Phi) is 7.31. The van der Waals surface area contributed by atoms with Gasteiger partial charge in [-0.25, -0.2) is 19.9 Å². The second kappa shape index (κ2) is 11.6. The first-order valence-electron chi connectivity index (χ1n) is 14.7. The van der Waals surface area contributed by atoms with Gasteiger partial charge in [-0.05, 0) is 81.2 Å². The first-order chi connectivity index (χ1) is 21.9. The normalized spacial score (nSPS) is 14.2. The van der Waals surface area contributed by atoms with E-state index in [2.05, 4.69) is 83.7 Å². The zero-order valence-corrected chi connectivity index (χ0v) is 25.7. The van der Waals surface area contributed by atoms with E-state index in [9.17, 15) is 8.78 Å². The van der Waals surface area contributed by atoms with Crippen LogP contribution in [0, 0.1) is 11.9 Å². The fraction of sp³-hybridized carbons (Fsp3) is 0.0526. The molecular formula is C38H28F2N4Si. The topological polar surface area (TPSA) is 51.6 Å². The number of aromatic nitrogens is 4. The van der Waals surface area contributed by atoms with Gasteiger partial charge in [0.2, 0.25) is 11.9 Å². The molecule has 0 amide bonds. The lowest BCUT2D eigenvalue weighted by atomic mass is 9.90. The van der Waals surface area contributed by atoms with Crippen LogP contribution in [0.2, 0.25) is 13.1 Å². The van der Waals surface area contributed by atoms with Crippen LogP contribution in [0.4, 0.5) is 8.78 Å². The third kappa shape index (κ3) is 5.32. The van der Waals surface area contributed by atoms with Crippen LogP contribution < -0.4 is 0 Å². The molecule has 0 fully saturated rings. The lowest BCUT2D eigenvalue weighted by Crippen LogP contribution is -2.29. The number of hydrogen-bond acceptors (Lipinski definition) is 4. The minimum Gasteiger partial charge on any atom is -0.248 e. The molecule has 7 rings (SSSR count). The van der Waals surface area contributed by atoms with Gasteiger partial charge in [-0.15, -0.1) is 0 Å². The zero-order valence-electron chi connectivity index (χ0n) is 24.7. The Labute approximate surface area is 261 Å². The Morgan fingerprint density at radius 3 is 1.20 bits per heavy atom. The number of benzene rings is 2. The summed E-state index contributed by atoms with van der Waals surface area (Å²) in [6, 6.07) is 39.0. The highest BCUT2D eigenvalue weighted by atomic mass is 28.3. The number of hydrogen-bond donors (Lipinski definition) is 0. The van der Waals surface area contributed by atoms with E-state index >= 15 is 0 Å². The molecule has 218 valence electrons. The van der Waals surface area contributed by atoms with Gasteiger partial charge >= 0.3 is 0 Å². The number of rotatable bonds is 6. The summed E-state index contributed by atoms with van der Waals surface area (Å²) in [5.74, 6) is -1.05. The van der Waals surface area contributed by atoms with E-state index in [0.717, 1.165) is 56.2 Å². The van der Waals surface area contributed by atoms with Crippen LogP contribution in [-0.4, -0.2) is 28.0 Å². The second-order valence-corrected chi connectivity index (χ2v) is 15.7. The average Bonchev–Trinajstić information content (AvgIpc) is 3.33. The Hall–Kier alpha value is -5.40. The maximum absolute atomic E-state index is 13.7. The number of pyridine rings is 4. The van der Waals surface area contributed by atoms with Crippen molar-refractivity contribution >= 4 is 29.6 Å². The Balaban J connectivity index is 1.50. The molecule has 0 unspecified atom stereocenters. The van der Waals surface area contributed by atoms with Crippen LogP contribution >= 0.6 is 0 Å². The van der Waals surface area contributed by atoms with Crippen molar-refractivity contribution in [2.24, 2.45) is 0 Å². The Bertz CT molecular complexity index is 1920. The number of halogens is 2. The van der Waals surface area contributed by atoms with Crippen molar-refractivity contribution in [3.8, 4) is 22.5 Å². The summed E-state index contributed by atoms with van der Waals surface area (Å²) in [5, 5.41) is 2.38. The van der Waals surface area contributed by atoms with Gasteiger partial charge in [0, 0.05) is 23.5 Å². The van der Waals surface area contributed by atoms with E-state index in [1.807, 2.05) is 36.4 Å². The van der Waals surface area contributed by atoms with Crippen molar-refractivity contribution in [2.45, 2.75) is 13.1 Å². The molecule has 4 aromatic heterocycles. The molecule has 0 saturated heterocycles. The van der Waals surface area contributed by atoms with Crippen molar-refractivity contribution in [2.75, 3.05) is 0 Å². The monoisotopic (exact) mass is 606 g/mol. The van der Waals surface area contributed by atoms with Gasteiger partial charge in [0.15, 0.2) is 0 Å². The van der Waals surface area contributed by atoms with Crippen LogP contribution in [-0.2, 0) is 0 Å². The van der Waals surface area contributed by atoms with Gasteiger partial charge in [-0.3, -0.25) is 0 Å². The quantitative estimate of drug-likeness (QED) is 0.140. The Morgan fingerprint density at radius 2 is 0.822 bits per heavy atom. The smallest absolute Gasteiger partial charge is 0.212 e. The van der Waals surface area contributed by atoms with Gasteiger partial charge < -0.3 is 0 Å². The van der Waals surface area contributed by atoms with E-state index < -0.39 is 20.0 Å². The maximum atomic E-state index is 13.7. The molecule has 0 bridgehead atoms. The molecule has 45 heavy (non-hydrogen) atoms. The molecule has 5 heterocycles. The predicted molar refractivity (Wildman–Crippen MR) is 179 cm³/mol. The number of allylic oxidation sites excluding steroid dienone is 2. The van der Waals surface area contributed by atoms with Gasteiger partial charge in [0.1, 0.15) is 8.07 Å². The van der Waals surface area contributed by atoms with Gasteiger partial charge in [0.05, 0.1) is 22.8 Å². The molecule has 1 aliphatic heterocycles. The lowest BCUT2D eigenvalue weighted by molar-refractivity contribution is 0.583. The van der Waals surface area contributed by atoms with Gasteiger partial charge in [-0.2, -0.15) is 8.78 Å². The highest BCUT2D eigenvalue weighted by Gasteiger charge is 2.45. The Morgan fingerprint density at radius 1 is 0.422 bits per heavy atom. The molecule has 0 spiro atoms. The molecule has 0 atom stereocenters. The van der Waals surface area contributed by atoms with Crippen LogP contribution in [0.1, 0.15) is 22.5 Å². The van der Waals surface area contributed by atoms with E-state index in [1.165, 1.54) is 34.9 Å². The minimum atomic E-state index is -2.56. The van der Waals surface area contributed by atoms with Gasteiger partial charge in [-0.1, -0.05) is 85.9 Å². The first-order valence-corrected chi connectivity index (χ1v) is 17.7. The summed E-state index contributed by atoms with van der Waals surface area (Å²) in [5.41, 5.74) is 9.13. The third-order valence-corrected chi connectivity index (χ3v) is 11.7. The van der Waals surface area contributed by atoms with Crippen molar-refractivity contribution in [3.63, 3.8) is 0 Å². The highest BCUT2D eigenvalue weighted by molar-refractivity contribution is 7.13. The second-order valence-electron chi connectivity index (χ2n) is 11.4. The fourth-order valence-electron chi connectivity index (χ4n) is 6.21. The summed E-state index contributed by atoms with van der Waals surface area (Å²) in [7, 11) is -2.56. The van der Waals surface area contributed by atoms with E-state index in [1.54, 1.807) is 12.1 Å². The number of nitrogens with zero attached hydrogens (tertiary/aromatic N) is 4. The molecule has 6 aromatic rings. The third-order valence-electron chi connectivity index (χ3n) is 8.18. The van der Waals surface area contributed by atoms with Gasteiger partial charge in [0.25, 0.3) is 0 Å². The van der Waals surface area contributed by atoms with Crippen molar-refractivity contribution in [1.82, 2.24) is 19.9 Å². The van der Waals surface area contributed by atoms with Crippen molar-refractivity contribution in [3.05, 3.63) is 168 Å². The van der Waals surface area contributed by atoms with E-state index in [0.29, 0.717) is 0 Å². The molecule has 2 aromatic carbocycles. The molecule has 1 aliphatic rings. The minimum absolute atomic E-state index is 0.527. The predicted octanol–water partition coefficient (Wildman–Crippen LogP) is 9.20. The average molecular weight is 607 g/mol. The van der Waals surface area contributed by atoms with Crippen molar-refractivity contribution in [1.29, 1.82) is 0 Å². The van der Waals surface area contributed by atoms with Crippen LogP contribution in [0.5, 0.6) is 0 Å². The van der Waals surface area contributed by atoms with E-state index in [-0.39, 0.29) is 0 Å². The standard InChI is InChI=1S/C38H28F2N4Si/c1-45(2)37(31-17-9-15-29(43-31)27-19-21-33(39)41-23-27)35(25-11-5-3-6-12-25)36(26-13-7-4-8-14-26)38(45)32-18-10-16-30(44-32)28-20-22-34(40)42-24-28/h3-24H,1-2H3. The molecular weight excluding hydrogens is 579 g/mol. The lowest BCUT2D eigenvalue weighted by Gasteiger charge is -2.26. The molecule has 0 N–H and O–H groups in total. The highest BCUT2D eigenvalue weighted by Crippen LogP contribution is 2.55. The maximum Gasteiger partial charge on any atom is 0.212 e. The van der Waals surface area contributed by atoms with Crippen molar-refractivity contribution < 1.29 is 8.78 Å². The van der Waals surface area contributed by atoms with Crippen LogP contribution in [0.15, 0.2) is 134 Å². The summed E-state index contributed by atoms with van der Waals surface area (Å²) in [6.45, 7) is 4.69. The zero-order chi connectivity index (χ0) is 31.0.